The van der Waals surface area contributed by atoms with Gasteiger partial charge in [-0.05, 0) is 56.7 Å². The van der Waals surface area contributed by atoms with E-state index in [0.717, 1.165) is 15.8 Å². The first-order chi connectivity index (χ1) is 15.6. The number of aryl methyl sites for hydroxylation is 2. The number of rotatable bonds is 4. The SMILES string of the molecule is COc1ccc(C)c2sc(=NC(=O)c3ccc(S(=O)(=O)N4CC(C)OC(C)C4)cc3)n(C)c12. The predicted octanol–water partition coefficient (Wildman–Crippen LogP) is 3.10. The summed E-state index contributed by atoms with van der Waals surface area (Å²) in [5, 5.41) is 0. The molecule has 0 N–H and O–H groups in total. The van der Waals surface area contributed by atoms with Crippen LogP contribution in [0.1, 0.15) is 29.8 Å². The van der Waals surface area contributed by atoms with E-state index in [2.05, 4.69) is 4.99 Å². The number of hydrogen-bond acceptors (Lipinski definition) is 6. The highest BCUT2D eigenvalue weighted by atomic mass is 32.2. The van der Waals surface area contributed by atoms with Gasteiger partial charge in [0.2, 0.25) is 10.0 Å². The molecule has 2 heterocycles. The summed E-state index contributed by atoms with van der Waals surface area (Å²) in [6, 6.07) is 9.79. The summed E-state index contributed by atoms with van der Waals surface area (Å²) in [7, 11) is -0.221. The second kappa shape index (κ2) is 9.02. The molecule has 1 aliphatic rings. The largest absolute Gasteiger partial charge is 0.495 e. The Labute approximate surface area is 197 Å². The molecule has 10 heteroatoms. The van der Waals surface area contributed by atoms with Crippen LogP contribution in [0.3, 0.4) is 0 Å². The van der Waals surface area contributed by atoms with Gasteiger partial charge in [-0.2, -0.15) is 9.30 Å². The number of nitrogens with zero attached hydrogens (tertiary/aromatic N) is 3. The summed E-state index contributed by atoms with van der Waals surface area (Å²) in [5.74, 6) is 0.274. The molecule has 1 aliphatic heterocycles. The van der Waals surface area contributed by atoms with Crippen LogP contribution in [0.2, 0.25) is 0 Å². The monoisotopic (exact) mass is 489 g/mol. The molecule has 1 aromatic heterocycles. The summed E-state index contributed by atoms with van der Waals surface area (Å²) < 4.78 is 41.4. The molecule has 8 nitrogen and oxygen atoms in total. The average Bonchev–Trinajstić information content (AvgIpc) is 3.10. The Bertz CT molecular complexity index is 1360. The zero-order valence-corrected chi connectivity index (χ0v) is 20.9. The molecule has 2 atom stereocenters. The van der Waals surface area contributed by atoms with E-state index in [1.54, 1.807) is 7.11 Å². The third kappa shape index (κ3) is 4.48. The second-order valence-electron chi connectivity index (χ2n) is 8.23. The third-order valence-corrected chi connectivity index (χ3v) is 8.76. The van der Waals surface area contributed by atoms with Crippen molar-refractivity contribution < 1.29 is 22.7 Å². The fourth-order valence-electron chi connectivity index (χ4n) is 4.02. The normalized spacial score (nSPS) is 20.3. The van der Waals surface area contributed by atoms with E-state index in [9.17, 15) is 13.2 Å². The Kier molecular flexibility index (Phi) is 6.45. The molecule has 33 heavy (non-hydrogen) atoms. The fraction of sp³-hybridized carbons (Fsp3) is 0.391. The minimum absolute atomic E-state index is 0.146. The Morgan fingerprint density at radius 1 is 1.12 bits per heavy atom. The number of ether oxygens (including phenoxy) is 2. The lowest BCUT2D eigenvalue weighted by Crippen LogP contribution is -2.48. The number of thiazole rings is 1. The van der Waals surface area contributed by atoms with E-state index < -0.39 is 15.9 Å². The lowest BCUT2D eigenvalue weighted by atomic mass is 10.2. The number of sulfonamides is 1. The zero-order chi connectivity index (χ0) is 23.9. The molecule has 3 aromatic rings. The minimum atomic E-state index is -3.67. The van der Waals surface area contributed by atoms with Gasteiger partial charge in [-0.1, -0.05) is 17.4 Å². The van der Waals surface area contributed by atoms with Gasteiger partial charge in [0.1, 0.15) is 11.3 Å². The van der Waals surface area contributed by atoms with Crippen molar-refractivity contribution in [2.24, 2.45) is 12.0 Å². The van der Waals surface area contributed by atoms with Gasteiger partial charge in [0.25, 0.3) is 5.91 Å². The van der Waals surface area contributed by atoms with E-state index in [4.69, 9.17) is 9.47 Å². The molecule has 0 radical (unpaired) electrons. The van der Waals surface area contributed by atoms with Crippen LogP contribution in [-0.4, -0.2) is 55.6 Å². The number of morpholine rings is 1. The Hall–Kier alpha value is -2.53. The molecule has 0 aliphatic carbocycles. The molecular weight excluding hydrogens is 462 g/mol. The van der Waals surface area contributed by atoms with Gasteiger partial charge in [-0.25, -0.2) is 8.42 Å². The van der Waals surface area contributed by atoms with Crippen LogP contribution in [-0.2, 0) is 21.8 Å². The van der Waals surface area contributed by atoms with E-state index in [1.165, 1.54) is 39.9 Å². The highest BCUT2D eigenvalue weighted by Gasteiger charge is 2.32. The van der Waals surface area contributed by atoms with Gasteiger partial charge < -0.3 is 14.0 Å². The molecule has 2 unspecified atom stereocenters. The van der Waals surface area contributed by atoms with E-state index >= 15 is 0 Å². The molecule has 1 saturated heterocycles. The number of carbonyl (C=O) groups is 1. The number of fused-ring (bicyclic) bond motifs is 1. The highest BCUT2D eigenvalue weighted by molar-refractivity contribution is 7.89. The van der Waals surface area contributed by atoms with Gasteiger partial charge in [-0.15, -0.1) is 0 Å². The van der Waals surface area contributed by atoms with Crippen LogP contribution in [0.15, 0.2) is 46.3 Å². The highest BCUT2D eigenvalue weighted by Crippen LogP contribution is 2.29. The number of amides is 1. The van der Waals surface area contributed by atoms with Crippen molar-refractivity contribution in [1.29, 1.82) is 0 Å². The molecular formula is C23H27N3O5S2. The van der Waals surface area contributed by atoms with Crippen LogP contribution < -0.4 is 9.54 Å². The van der Waals surface area contributed by atoms with Gasteiger partial charge >= 0.3 is 0 Å². The third-order valence-electron chi connectivity index (χ3n) is 5.65. The maximum Gasteiger partial charge on any atom is 0.279 e. The summed E-state index contributed by atoms with van der Waals surface area (Å²) in [4.78, 5) is 17.8. The van der Waals surface area contributed by atoms with Gasteiger partial charge in [0.05, 0.1) is 28.9 Å². The molecule has 1 amide bonds. The number of aromatic nitrogens is 1. The molecule has 1 fully saturated rings. The summed E-state index contributed by atoms with van der Waals surface area (Å²) in [6.07, 6.45) is -0.347. The van der Waals surface area contributed by atoms with Gasteiger partial charge in [-0.3, -0.25) is 4.79 Å². The lowest BCUT2D eigenvalue weighted by molar-refractivity contribution is -0.0440. The van der Waals surface area contributed by atoms with Crippen LogP contribution in [0.4, 0.5) is 0 Å². The first kappa shape index (κ1) is 23.6. The van der Waals surface area contributed by atoms with Gasteiger partial charge in [0, 0.05) is 25.7 Å². The second-order valence-corrected chi connectivity index (χ2v) is 11.1. The van der Waals surface area contributed by atoms with Crippen molar-refractivity contribution >= 4 is 37.5 Å². The maximum atomic E-state index is 13.0. The summed E-state index contributed by atoms with van der Waals surface area (Å²) >= 11 is 1.41. The molecule has 4 rings (SSSR count). The first-order valence-electron chi connectivity index (χ1n) is 10.6. The standard InChI is InChI=1S/C23H27N3O5S2/c1-14-6-11-19(30-5)20-21(14)32-23(25(20)4)24-22(27)17-7-9-18(10-8-17)33(28,29)26-12-15(2)31-16(3)13-26/h6-11,15-16H,12-13H2,1-5H3. The maximum absolute atomic E-state index is 13.0. The summed E-state index contributed by atoms with van der Waals surface area (Å²) in [6.45, 7) is 6.31. The number of hydrogen-bond donors (Lipinski definition) is 0. The minimum Gasteiger partial charge on any atom is -0.495 e. The van der Waals surface area contributed by atoms with Crippen molar-refractivity contribution in [2.75, 3.05) is 20.2 Å². The van der Waals surface area contributed by atoms with Crippen LogP contribution in [0.5, 0.6) is 5.75 Å². The zero-order valence-electron chi connectivity index (χ0n) is 19.2. The quantitative estimate of drug-likeness (QED) is 0.562. The van der Waals surface area contributed by atoms with E-state index in [1.807, 2.05) is 44.5 Å². The first-order valence-corrected chi connectivity index (χ1v) is 12.9. The van der Waals surface area contributed by atoms with Crippen molar-refractivity contribution in [1.82, 2.24) is 8.87 Å². The number of methoxy groups -OCH3 is 1. The molecule has 176 valence electrons. The topological polar surface area (TPSA) is 90.2 Å². The van der Waals surface area contributed by atoms with E-state index in [0.29, 0.717) is 29.2 Å². The Morgan fingerprint density at radius 3 is 2.36 bits per heavy atom. The average molecular weight is 490 g/mol. The Morgan fingerprint density at radius 2 is 1.76 bits per heavy atom. The summed E-state index contributed by atoms with van der Waals surface area (Å²) in [5.41, 5.74) is 2.27. The van der Waals surface area contributed by atoms with E-state index in [-0.39, 0.29) is 17.1 Å². The fourth-order valence-corrected chi connectivity index (χ4v) is 6.71. The number of carbonyl (C=O) groups excluding carboxylic acids is 1. The van der Waals surface area contributed by atoms with Crippen molar-refractivity contribution in [3.05, 3.63) is 52.3 Å². The predicted molar refractivity (Wildman–Crippen MR) is 127 cm³/mol. The van der Waals surface area contributed by atoms with Crippen molar-refractivity contribution in [2.45, 2.75) is 37.9 Å². The Balaban J connectivity index is 1.64. The molecule has 0 saturated carbocycles. The molecule has 2 aromatic carbocycles. The van der Waals surface area contributed by atoms with Crippen molar-refractivity contribution in [3.8, 4) is 5.75 Å². The van der Waals surface area contributed by atoms with Gasteiger partial charge in [0.15, 0.2) is 4.80 Å². The smallest absolute Gasteiger partial charge is 0.279 e. The van der Waals surface area contributed by atoms with Crippen LogP contribution in [0, 0.1) is 6.92 Å². The van der Waals surface area contributed by atoms with Crippen LogP contribution in [0.25, 0.3) is 10.2 Å². The van der Waals surface area contributed by atoms with Crippen LogP contribution >= 0.6 is 11.3 Å². The number of benzene rings is 2. The van der Waals surface area contributed by atoms with Crippen molar-refractivity contribution in [3.63, 3.8) is 0 Å². The molecule has 0 spiro atoms. The lowest BCUT2D eigenvalue weighted by Gasteiger charge is -2.34. The molecule has 0 bridgehead atoms.